The van der Waals surface area contributed by atoms with Crippen molar-refractivity contribution in [2.45, 2.75) is 50.6 Å². The Bertz CT molecular complexity index is 1350. The molecule has 208 valence electrons. The number of aromatic nitrogens is 1. The summed E-state index contributed by atoms with van der Waals surface area (Å²) in [5.41, 5.74) is 3.11. The van der Waals surface area contributed by atoms with E-state index >= 15 is 0 Å². The van der Waals surface area contributed by atoms with Crippen LogP contribution >= 0.6 is 11.8 Å². The summed E-state index contributed by atoms with van der Waals surface area (Å²) in [6.07, 6.45) is 2.22. The van der Waals surface area contributed by atoms with Gasteiger partial charge in [-0.2, -0.15) is 0 Å². The highest BCUT2D eigenvalue weighted by molar-refractivity contribution is 8.16. The maximum Gasteiger partial charge on any atom is 0.333 e. The SMILES string of the molecule is CCC(=O)OC(C)c1ccc(CCOc2ccc(C[C@@]3(C(=O)OCc4ccccc4)SC(=O)NC3=O)cc2)nc1. The van der Waals surface area contributed by atoms with Gasteiger partial charge in [0.25, 0.3) is 11.1 Å². The maximum atomic E-state index is 13.1. The van der Waals surface area contributed by atoms with E-state index in [1.807, 2.05) is 49.4 Å². The van der Waals surface area contributed by atoms with Crippen molar-refractivity contribution in [3.05, 3.63) is 95.3 Å². The third kappa shape index (κ3) is 7.26. The Kier molecular flexibility index (Phi) is 9.55. The monoisotopic (exact) mass is 562 g/mol. The van der Waals surface area contributed by atoms with Gasteiger partial charge in [-0.15, -0.1) is 0 Å². The molecular formula is C30H30N2O7S. The van der Waals surface area contributed by atoms with Crippen LogP contribution in [0.3, 0.4) is 0 Å². The zero-order chi connectivity index (χ0) is 28.5. The molecule has 2 atom stereocenters. The third-order valence-electron chi connectivity index (χ3n) is 6.31. The van der Waals surface area contributed by atoms with Gasteiger partial charge in [-0.05, 0) is 48.0 Å². The van der Waals surface area contributed by atoms with Crippen LogP contribution in [0.4, 0.5) is 4.79 Å². The summed E-state index contributed by atoms with van der Waals surface area (Å²) < 4.78 is 14.9. The second kappa shape index (κ2) is 13.3. The molecule has 1 fully saturated rings. The summed E-state index contributed by atoms with van der Waals surface area (Å²) in [6, 6.07) is 19.9. The molecule has 2 amide bonds. The number of rotatable bonds is 12. The van der Waals surface area contributed by atoms with E-state index in [1.165, 1.54) is 0 Å². The van der Waals surface area contributed by atoms with E-state index in [4.69, 9.17) is 14.2 Å². The van der Waals surface area contributed by atoms with Crippen LogP contribution in [0, 0.1) is 0 Å². The second-order valence-electron chi connectivity index (χ2n) is 9.22. The molecule has 0 saturated carbocycles. The van der Waals surface area contributed by atoms with E-state index in [2.05, 4.69) is 10.3 Å². The van der Waals surface area contributed by atoms with Gasteiger partial charge in [-0.1, -0.05) is 55.5 Å². The fraction of sp³-hybridized carbons (Fsp3) is 0.300. The van der Waals surface area contributed by atoms with Gasteiger partial charge in [0.1, 0.15) is 18.5 Å². The first-order valence-electron chi connectivity index (χ1n) is 12.9. The smallest absolute Gasteiger partial charge is 0.333 e. The molecule has 40 heavy (non-hydrogen) atoms. The highest BCUT2D eigenvalue weighted by Crippen LogP contribution is 2.37. The lowest BCUT2D eigenvalue weighted by atomic mass is 9.97. The van der Waals surface area contributed by atoms with E-state index in [-0.39, 0.29) is 25.1 Å². The highest BCUT2D eigenvalue weighted by Gasteiger charge is 2.55. The van der Waals surface area contributed by atoms with E-state index in [1.54, 1.807) is 37.4 Å². The van der Waals surface area contributed by atoms with Crippen LogP contribution in [-0.2, 0) is 43.3 Å². The lowest BCUT2D eigenvalue weighted by Crippen LogP contribution is -2.46. The van der Waals surface area contributed by atoms with Crippen LogP contribution in [0.5, 0.6) is 5.75 Å². The van der Waals surface area contributed by atoms with Crippen LogP contribution in [0.15, 0.2) is 72.9 Å². The number of ether oxygens (including phenoxy) is 3. The van der Waals surface area contributed by atoms with Gasteiger partial charge in [-0.3, -0.25) is 24.7 Å². The molecule has 1 aliphatic heterocycles. The molecule has 0 spiro atoms. The number of carbonyl (C=O) groups is 4. The Morgan fingerprint density at radius 1 is 1.00 bits per heavy atom. The summed E-state index contributed by atoms with van der Waals surface area (Å²) in [6.45, 7) is 3.94. The van der Waals surface area contributed by atoms with Crippen LogP contribution in [0.2, 0.25) is 0 Å². The Labute approximate surface area is 236 Å². The average molecular weight is 563 g/mol. The molecule has 0 bridgehead atoms. The molecule has 0 aliphatic carbocycles. The van der Waals surface area contributed by atoms with Crippen molar-refractivity contribution in [1.82, 2.24) is 10.3 Å². The first-order valence-corrected chi connectivity index (χ1v) is 13.7. The molecule has 1 saturated heterocycles. The summed E-state index contributed by atoms with van der Waals surface area (Å²) in [5.74, 6) is -1.09. The number of hydrogen-bond donors (Lipinski definition) is 1. The molecule has 9 nitrogen and oxygen atoms in total. The van der Waals surface area contributed by atoms with Crippen LogP contribution < -0.4 is 10.1 Å². The molecule has 1 aliphatic rings. The van der Waals surface area contributed by atoms with Gasteiger partial charge in [-0.25, -0.2) is 4.79 Å². The first-order chi connectivity index (χ1) is 19.3. The minimum Gasteiger partial charge on any atom is -0.493 e. The van der Waals surface area contributed by atoms with Gasteiger partial charge in [0.05, 0.1) is 6.61 Å². The zero-order valence-electron chi connectivity index (χ0n) is 22.3. The second-order valence-corrected chi connectivity index (χ2v) is 10.5. The Hall–Kier alpha value is -4.18. The van der Waals surface area contributed by atoms with Crippen LogP contribution in [-0.4, -0.2) is 39.4 Å². The number of thioether (sulfide) groups is 1. The number of hydrogen-bond acceptors (Lipinski definition) is 9. The number of imide groups is 1. The molecule has 3 aromatic rings. The fourth-order valence-electron chi connectivity index (χ4n) is 4.02. The minimum atomic E-state index is -1.70. The molecule has 1 N–H and O–H groups in total. The van der Waals surface area contributed by atoms with Crippen molar-refractivity contribution in [3.63, 3.8) is 0 Å². The van der Waals surface area contributed by atoms with Crippen molar-refractivity contribution in [1.29, 1.82) is 0 Å². The van der Waals surface area contributed by atoms with Crippen LogP contribution in [0.25, 0.3) is 0 Å². The first kappa shape index (κ1) is 28.8. The minimum absolute atomic E-state index is 0.000842. The molecule has 0 radical (unpaired) electrons. The normalized spacial score (nSPS) is 17.1. The molecular weight excluding hydrogens is 532 g/mol. The summed E-state index contributed by atoms with van der Waals surface area (Å²) in [7, 11) is 0. The number of pyridine rings is 1. The number of nitrogens with zero attached hydrogens (tertiary/aromatic N) is 1. The third-order valence-corrected chi connectivity index (χ3v) is 7.44. The van der Waals surface area contributed by atoms with Crippen molar-refractivity contribution in [2.24, 2.45) is 0 Å². The van der Waals surface area contributed by atoms with E-state index < -0.39 is 21.9 Å². The van der Waals surface area contributed by atoms with Gasteiger partial charge < -0.3 is 14.2 Å². The van der Waals surface area contributed by atoms with Crippen molar-refractivity contribution in [2.75, 3.05) is 6.61 Å². The molecule has 2 heterocycles. The quantitative estimate of drug-likeness (QED) is 0.247. The zero-order valence-corrected chi connectivity index (χ0v) is 23.1. The van der Waals surface area contributed by atoms with Gasteiger partial charge in [0, 0.05) is 36.7 Å². The summed E-state index contributed by atoms with van der Waals surface area (Å²) >= 11 is 0.645. The predicted molar refractivity (Wildman–Crippen MR) is 148 cm³/mol. The standard InChI is InChI=1S/C30H30N2O7S/c1-3-26(33)39-20(2)23-11-12-24(31-18-23)15-16-37-25-13-9-21(10-14-25)17-30(27(34)32-29(36)40-30)28(35)38-19-22-7-5-4-6-8-22/h4-14,18,20H,3,15-17,19H2,1-2H3,(H,32,34,36)/t20?,30-/m1/s1. The molecule has 1 aromatic heterocycles. The number of benzene rings is 2. The van der Waals surface area contributed by atoms with Crippen molar-refractivity contribution in [3.8, 4) is 5.75 Å². The Balaban J connectivity index is 1.32. The molecule has 1 unspecified atom stereocenters. The molecule has 4 rings (SSSR count). The van der Waals surface area contributed by atoms with Gasteiger partial charge in [0.15, 0.2) is 0 Å². The molecule has 10 heteroatoms. The van der Waals surface area contributed by atoms with Gasteiger partial charge >= 0.3 is 11.9 Å². The maximum absolute atomic E-state index is 13.1. The number of carbonyl (C=O) groups excluding carboxylic acids is 4. The topological polar surface area (TPSA) is 121 Å². The van der Waals surface area contributed by atoms with E-state index in [0.29, 0.717) is 42.5 Å². The van der Waals surface area contributed by atoms with Crippen molar-refractivity contribution < 1.29 is 33.4 Å². The Morgan fingerprint density at radius 3 is 2.38 bits per heavy atom. The lowest BCUT2D eigenvalue weighted by Gasteiger charge is -2.22. The lowest BCUT2D eigenvalue weighted by molar-refractivity contribution is -0.151. The largest absolute Gasteiger partial charge is 0.493 e. The highest BCUT2D eigenvalue weighted by atomic mass is 32.2. The summed E-state index contributed by atoms with van der Waals surface area (Å²) in [5, 5.41) is 1.63. The summed E-state index contributed by atoms with van der Waals surface area (Å²) in [4.78, 5) is 53.7. The Morgan fingerprint density at radius 2 is 1.75 bits per heavy atom. The average Bonchev–Trinajstić information content (AvgIpc) is 3.26. The number of esters is 2. The van der Waals surface area contributed by atoms with E-state index in [9.17, 15) is 19.2 Å². The van der Waals surface area contributed by atoms with Crippen molar-refractivity contribution >= 4 is 34.8 Å². The number of nitrogens with one attached hydrogen (secondary N) is 1. The van der Waals surface area contributed by atoms with E-state index in [0.717, 1.165) is 16.8 Å². The van der Waals surface area contributed by atoms with Crippen LogP contribution in [0.1, 0.15) is 48.8 Å². The fourth-order valence-corrected chi connectivity index (χ4v) is 5.01. The predicted octanol–water partition coefficient (Wildman–Crippen LogP) is 4.73. The molecule has 2 aromatic carbocycles. The number of amides is 2. The van der Waals surface area contributed by atoms with Gasteiger partial charge in [0.2, 0.25) is 4.75 Å².